The Morgan fingerprint density at radius 2 is 1.54 bits per heavy atom. The first-order valence-electron chi connectivity index (χ1n) is 8.26. The number of carbonyl (C=O) groups excluding carboxylic acids is 2. The quantitative estimate of drug-likeness (QED) is 0.210. The van der Waals surface area contributed by atoms with Crippen molar-refractivity contribution in [3.63, 3.8) is 0 Å². The minimum absolute atomic E-state index is 0.104. The molecule has 0 spiro atoms. The Kier molecular flexibility index (Phi) is 13.1. The van der Waals surface area contributed by atoms with Gasteiger partial charge in [-0.15, -0.1) is 0 Å². The summed E-state index contributed by atoms with van der Waals surface area (Å²) in [5.41, 5.74) is 0. The van der Waals surface area contributed by atoms with E-state index in [9.17, 15) is 9.59 Å². The summed E-state index contributed by atoms with van der Waals surface area (Å²) < 4.78 is 22.0. The number of esters is 1. The zero-order valence-electron chi connectivity index (χ0n) is 14.9. The summed E-state index contributed by atoms with van der Waals surface area (Å²) in [6.45, 7) is 11.4. The molecule has 2 amide bonds. The van der Waals surface area contributed by atoms with Crippen LogP contribution in [0.25, 0.3) is 0 Å². The number of nitrogens with one attached hydrogen (secondary N) is 2. The summed E-state index contributed by atoms with van der Waals surface area (Å²) in [4.78, 5) is 22.4. The Hall–Kier alpha value is -1.42. The smallest absolute Gasteiger partial charge is 0.461 e. The van der Waals surface area contributed by atoms with Crippen molar-refractivity contribution in [1.29, 1.82) is 0 Å². The van der Waals surface area contributed by atoms with Crippen LogP contribution in [0.4, 0.5) is 4.79 Å². The summed E-state index contributed by atoms with van der Waals surface area (Å²) in [5, 5.41) is 5.32. The molecule has 0 atom stereocenters. The van der Waals surface area contributed by atoms with Gasteiger partial charge < -0.3 is 28.6 Å². The van der Waals surface area contributed by atoms with Crippen molar-refractivity contribution >= 4 is 20.8 Å². The number of hydrogen-bond donors (Lipinski definition) is 2. The molecule has 140 valence electrons. The van der Waals surface area contributed by atoms with Crippen LogP contribution in [0.15, 0.2) is 12.7 Å². The first-order chi connectivity index (χ1) is 11.5. The molecule has 0 aliphatic rings. The number of amides is 2. The van der Waals surface area contributed by atoms with Gasteiger partial charge in [0.15, 0.2) is 0 Å². The Balaban J connectivity index is 3.99. The fourth-order valence-corrected chi connectivity index (χ4v) is 4.56. The lowest BCUT2D eigenvalue weighted by Gasteiger charge is -2.28. The molecule has 9 heteroatoms. The minimum Gasteiger partial charge on any atom is -0.461 e. The van der Waals surface area contributed by atoms with E-state index in [1.54, 1.807) is 0 Å². The van der Waals surface area contributed by atoms with Crippen LogP contribution >= 0.6 is 0 Å². The molecule has 0 unspecified atom stereocenters. The second-order valence-electron chi connectivity index (χ2n) is 4.64. The predicted octanol–water partition coefficient (Wildman–Crippen LogP) is 1.45. The van der Waals surface area contributed by atoms with E-state index < -0.39 is 14.8 Å². The standard InChI is InChI=1S/C15H30N2O6Si/c1-5-14(18)20-12-11-17-15(19)16-10-9-13-24(21-6-2,22-7-3)23-8-4/h5H,1,6-13H2,2-4H3,(H2,16,17,19). The molecule has 0 aromatic heterocycles. The molecule has 0 rings (SSSR count). The third kappa shape index (κ3) is 10.4. The van der Waals surface area contributed by atoms with Gasteiger partial charge in [-0.1, -0.05) is 6.58 Å². The number of urea groups is 1. The van der Waals surface area contributed by atoms with Crippen LogP contribution in [0.3, 0.4) is 0 Å². The maximum absolute atomic E-state index is 11.6. The topological polar surface area (TPSA) is 95.1 Å². The highest BCUT2D eigenvalue weighted by molar-refractivity contribution is 6.60. The molecule has 0 radical (unpaired) electrons. The highest BCUT2D eigenvalue weighted by atomic mass is 28.4. The normalized spacial score (nSPS) is 11.0. The number of carbonyl (C=O) groups is 2. The SMILES string of the molecule is C=CC(=O)OCCNC(=O)NCCC[Si](OCC)(OCC)OCC. The van der Waals surface area contributed by atoms with E-state index in [-0.39, 0.29) is 19.2 Å². The summed E-state index contributed by atoms with van der Waals surface area (Å²) in [6, 6.07) is 0.320. The largest absolute Gasteiger partial charge is 0.500 e. The van der Waals surface area contributed by atoms with E-state index in [0.717, 1.165) is 6.08 Å². The first kappa shape index (κ1) is 22.6. The number of rotatable bonds is 14. The van der Waals surface area contributed by atoms with Crippen molar-refractivity contribution in [3.05, 3.63) is 12.7 Å². The van der Waals surface area contributed by atoms with Crippen molar-refractivity contribution < 1.29 is 27.6 Å². The van der Waals surface area contributed by atoms with Gasteiger partial charge in [0, 0.05) is 38.5 Å². The predicted molar refractivity (Wildman–Crippen MR) is 92.6 cm³/mol. The Morgan fingerprint density at radius 3 is 2.04 bits per heavy atom. The summed E-state index contributed by atoms with van der Waals surface area (Å²) in [5.74, 6) is -0.513. The van der Waals surface area contributed by atoms with Gasteiger partial charge >= 0.3 is 20.8 Å². The van der Waals surface area contributed by atoms with Gasteiger partial charge in [0.05, 0.1) is 6.54 Å². The molecule has 0 aliphatic heterocycles. The van der Waals surface area contributed by atoms with Crippen LogP contribution in [0.5, 0.6) is 0 Å². The molecule has 2 N–H and O–H groups in total. The lowest BCUT2D eigenvalue weighted by atomic mass is 10.5. The van der Waals surface area contributed by atoms with Crippen LogP contribution in [-0.4, -0.2) is 60.3 Å². The lowest BCUT2D eigenvalue weighted by Crippen LogP contribution is -2.46. The van der Waals surface area contributed by atoms with Crippen LogP contribution in [0.2, 0.25) is 6.04 Å². The molecule has 0 saturated carbocycles. The first-order valence-corrected chi connectivity index (χ1v) is 10.2. The molecule has 0 aromatic rings. The van der Waals surface area contributed by atoms with Crippen molar-refractivity contribution in [2.75, 3.05) is 39.5 Å². The molecule has 0 fully saturated rings. The van der Waals surface area contributed by atoms with Crippen molar-refractivity contribution in [2.24, 2.45) is 0 Å². The highest BCUT2D eigenvalue weighted by Crippen LogP contribution is 2.17. The zero-order chi connectivity index (χ0) is 18.3. The molecule has 8 nitrogen and oxygen atoms in total. The average Bonchev–Trinajstić information content (AvgIpc) is 2.56. The van der Waals surface area contributed by atoms with Crippen molar-refractivity contribution in [3.8, 4) is 0 Å². The minimum atomic E-state index is -2.65. The van der Waals surface area contributed by atoms with Crippen LogP contribution in [0.1, 0.15) is 27.2 Å². The van der Waals surface area contributed by atoms with E-state index in [1.807, 2.05) is 20.8 Å². The van der Waals surface area contributed by atoms with E-state index in [2.05, 4.69) is 17.2 Å². The van der Waals surface area contributed by atoms with Gasteiger partial charge in [0.25, 0.3) is 0 Å². The fourth-order valence-electron chi connectivity index (χ4n) is 1.95. The van der Waals surface area contributed by atoms with Gasteiger partial charge in [-0.25, -0.2) is 9.59 Å². The maximum Gasteiger partial charge on any atom is 0.500 e. The molecule has 0 aromatic carbocycles. The summed E-state index contributed by atoms with van der Waals surface area (Å²) in [7, 11) is -2.65. The highest BCUT2D eigenvalue weighted by Gasteiger charge is 2.39. The third-order valence-corrected chi connectivity index (χ3v) is 5.99. The Labute approximate surface area is 145 Å². The van der Waals surface area contributed by atoms with E-state index in [0.29, 0.717) is 38.8 Å². The monoisotopic (exact) mass is 362 g/mol. The molecule has 0 saturated heterocycles. The maximum atomic E-state index is 11.6. The number of ether oxygens (including phenoxy) is 1. The van der Waals surface area contributed by atoms with Gasteiger partial charge in [-0.05, 0) is 27.2 Å². The summed E-state index contributed by atoms with van der Waals surface area (Å²) >= 11 is 0. The van der Waals surface area contributed by atoms with Gasteiger partial charge in [-0.2, -0.15) is 0 Å². The zero-order valence-corrected chi connectivity index (χ0v) is 15.9. The molecule has 0 heterocycles. The lowest BCUT2D eigenvalue weighted by molar-refractivity contribution is -0.137. The molecule has 0 bridgehead atoms. The molecular formula is C15H30N2O6Si. The molecular weight excluding hydrogens is 332 g/mol. The van der Waals surface area contributed by atoms with E-state index >= 15 is 0 Å². The average molecular weight is 362 g/mol. The van der Waals surface area contributed by atoms with Crippen molar-refractivity contribution in [1.82, 2.24) is 10.6 Å². The fraction of sp³-hybridized carbons (Fsp3) is 0.733. The van der Waals surface area contributed by atoms with Crippen LogP contribution < -0.4 is 10.6 Å². The van der Waals surface area contributed by atoms with E-state index in [4.69, 9.17) is 18.0 Å². The van der Waals surface area contributed by atoms with Gasteiger partial charge in [-0.3, -0.25) is 0 Å². The summed E-state index contributed by atoms with van der Waals surface area (Å²) in [6.07, 6.45) is 1.76. The van der Waals surface area contributed by atoms with Crippen molar-refractivity contribution in [2.45, 2.75) is 33.2 Å². The second-order valence-corrected chi connectivity index (χ2v) is 7.37. The Bertz CT molecular complexity index is 364. The number of hydrogen-bond acceptors (Lipinski definition) is 6. The third-order valence-electron chi connectivity index (χ3n) is 2.84. The second kappa shape index (κ2) is 14.0. The van der Waals surface area contributed by atoms with Crippen LogP contribution in [-0.2, 0) is 22.8 Å². The Morgan fingerprint density at radius 1 is 1.00 bits per heavy atom. The van der Waals surface area contributed by atoms with Gasteiger partial charge in [0.2, 0.25) is 0 Å². The van der Waals surface area contributed by atoms with E-state index in [1.165, 1.54) is 0 Å². The van der Waals surface area contributed by atoms with Crippen LogP contribution in [0, 0.1) is 0 Å². The van der Waals surface area contributed by atoms with Gasteiger partial charge in [0.1, 0.15) is 6.61 Å². The molecule has 0 aliphatic carbocycles. The molecule has 24 heavy (non-hydrogen) atoms.